The van der Waals surface area contributed by atoms with Gasteiger partial charge < -0.3 is 5.32 Å². The van der Waals surface area contributed by atoms with Crippen LogP contribution in [-0.4, -0.2) is 29.8 Å². The van der Waals surface area contributed by atoms with E-state index in [1.54, 1.807) is 22.6 Å². The Hall–Kier alpha value is -3.68. The van der Waals surface area contributed by atoms with E-state index >= 15 is 0 Å². The van der Waals surface area contributed by atoms with Gasteiger partial charge in [0.25, 0.3) is 0 Å². The summed E-state index contributed by atoms with van der Waals surface area (Å²) in [6, 6.07) is 15.4. The van der Waals surface area contributed by atoms with Crippen molar-refractivity contribution in [3.05, 3.63) is 82.8 Å². The van der Waals surface area contributed by atoms with Gasteiger partial charge in [-0.25, -0.2) is 14.5 Å². The van der Waals surface area contributed by atoms with Crippen molar-refractivity contribution < 1.29 is 4.79 Å². The van der Waals surface area contributed by atoms with Gasteiger partial charge in [0.15, 0.2) is 0 Å². The Balaban J connectivity index is 1.39. The molecule has 0 saturated carbocycles. The highest BCUT2D eigenvalue weighted by molar-refractivity contribution is 5.80. The molecule has 2 heterocycles. The van der Waals surface area contributed by atoms with Crippen molar-refractivity contribution in [2.75, 3.05) is 0 Å². The van der Waals surface area contributed by atoms with Gasteiger partial charge in [-0.1, -0.05) is 36.4 Å². The van der Waals surface area contributed by atoms with Crippen molar-refractivity contribution >= 4 is 16.9 Å². The van der Waals surface area contributed by atoms with E-state index in [9.17, 15) is 9.59 Å². The van der Waals surface area contributed by atoms with Crippen molar-refractivity contribution in [2.45, 2.75) is 19.6 Å². The molecular formula is C20H20N6O2. The number of hydrogen-bond donors (Lipinski definition) is 1. The van der Waals surface area contributed by atoms with Gasteiger partial charge in [0.05, 0.1) is 17.6 Å². The van der Waals surface area contributed by atoms with Crippen LogP contribution < -0.4 is 11.0 Å². The number of rotatable bonds is 6. The number of carbonyl (C=O) groups is 1. The average molecular weight is 376 g/mol. The Labute approximate surface area is 161 Å². The standard InChI is InChI=1S/C20H20N6O2/c1-24-17-4-2-3-5-18(17)26(20(24)28)12-19(27)22-10-15-6-8-16(9-7-15)11-25-14-21-13-23-25/h2-9,13-14H,10-12H2,1H3,(H,22,27). The summed E-state index contributed by atoms with van der Waals surface area (Å²) in [5.41, 5.74) is 3.45. The van der Waals surface area contributed by atoms with Crippen molar-refractivity contribution in [1.29, 1.82) is 0 Å². The molecule has 4 aromatic rings. The molecule has 0 saturated heterocycles. The minimum atomic E-state index is -0.204. The van der Waals surface area contributed by atoms with Crippen LogP contribution in [0.2, 0.25) is 0 Å². The van der Waals surface area contributed by atoms with Crippen LogP contribution in [0.25, 0.3) is 11.0 Å². The lowest BCUT2D eigenvalue weighted by atomic mass is 10.1. The second-order valence-corrected chi connectivity index (χ2v) is 6.60. The highest BCUT2D eigenvalue weighted by Gasteiger charge is 2.13. The van der Waals surface area contributed by atoms with Gasteiger partial charge in [0, 0.05) is 13.6 Å². The van der Waals surface area contributed by atoms with Crippen LogP contribution in [0.4, 0.5) is 0 Å². The molecule has 0 spiro atoms. The fraction of sp³-hybridized carbons (Fsp3) is 0.200. The summed E-state index contributed by atoms with van der Waals surface area (Å²) in [6.45, 7) is 1.04. The second-order valence-electron chi connectivity index (χ2n) is 6.60. The zero-order chi connectivity index (χ0) is 19.5. The van der Waals surface area contributed by atoms with Gasteiger partial charge in [-0.2, -0.15) is 5.10 Å². The quantitative estimate of drug-likeness (QED) is 0.549. The predicted octanol–water partition coefficient (Wildman–Crippen LogP) is 1.30. The number of hydrogen-bond acceptors (Lipinski definition) is 4. The maximum absolute atomic E-state index is 12.4. The van der Waals surface area contributed by atoms with E-state index in [-0.39, 0.29) is 18.1 Å². The molecule has 1 amide bonds. The lowest BCUT2D eigenvalue weighted by molar-refractivity contribution is -0.121. The summed E-state index contributed by atoms with van der Waals surface area (Å²) in [6.07, 6.45) is 3.18. The third kappa shape index (κ3) is 3.57. The van der Waals surface area contributed by atoms with E-state index in [0.29, 0.717) is 13.1 Å². The number of carbonyl (C=O) groups excluding carboxylic acids is 1. The number of fused-ring (bicyclic) bond motifs is 1. The lowest BCUT2D eigenvalue weighted by Gasteiger charge is -2.08. The number of aromatic nitrogens is 5. The summed E-state index contributed by atoms with van der Waals surface area (Å²) in [5.74, 6) is -0.204. The van der Waals surface area contributed by atoms with Crippen LogP contribution in [0.1, 0.15) is 11.1 Å². The molecule has 8 nitrogen and oxygen atoms in total. The smallest absolute Gasteiger partial charge is 0.329 e. The number of aryl methyl sites for hydroxylation is 1. The molecule has 2 aromatic carbocycles. The number of benzene rings is 2. The van der Waals surface area contributed by atoms with E-state index in [0.717, 1.165) is 22.2 Å². The molecular weight excluding hydrogens is 356 g/mol. The van der Waals surface area contributed by atoms with E-state index in [2.05, 4.69) is 15.4 Å². The number of nitrogens with one attached hydrogen (secondary N) is 1. The van der Waals surface area contributed by atoms with Crippen molar-refractivity contribution in [1.82, 2.24) is 29.2 Å². The van der Waals surface area contributed by atoms with Gasteiger partial charge in [0.1, 0.15) is 19.2 Å². The Kier molecular flexibility index (Phi) is 4.76. The first-order valence-electron chi connectivity index (χ1n) is 8.93. The Bertz CT molecular complexity index is 1160. The largest absolute Gasteiger partial charge is 0.350 e. The number of amides is 1. The Morgan fingerprint density at radius 1 is 1.04 bits per heavy atom. The van der Waals surface area contributed by atoms with Crippen LogP contribution in [0.3, 0.4) is 0 Å². The fourth-order valence-electron chi connectivity index (χ4n) is 3.18. The molecule has 142 valence electrons. The van der Waals surface area contributed by atoms with Crippen LogP contribution in [0.15, 0.2) is 66.0 Å². The molecule has 2 aromatic heterocycles. The summed E-state index contributed by atoms with van der Waals surface area (Å²) in [7, 11) is 1.71. The second kappa shape index (κ2) is 7.51. The Morgan fingerprint density at radius 3 is 2.46 bits per heavy atom. The van der Waals surface area contributed by atoms with E-state index in [1.165, 1.54) is 10.9 Å². The van der Waals surface area contributed by atoms with E-state index in [4.69, 9.17) is 0 Å². The van der Waals surface area contributed by atoms with Crippen molar-refractivity contribution in [2.24, 2.45) is 7.05 Å². The fourth-order valence-corrected chi connectivity index (χ4v) is 3.18. The molecule has 0 fully saturated rings. The molecule has 0 bridgehead atoms. The highest BCUT2D eigenvalue weighted by Crippen LogP contribution is 2.11. The number of imidazole rings is 1. The zero-order valence-corrected chi connectivity index (χ0v) is 15.4. The third-order valence-electron chi connectivity index (χ3n) is 4.68. The first-order valence-corrected chi connectivity index (χ1v) is 8.93. The molecule has 8 heteroatoms. The predicted molar refractivity (Wildman–Crippen MR) is 105 cm³/mol. The lowest BCUT2D eigenvalue weighted by Crippen LogP contribution is -2.32. The zero-order valence-electron chi connectivity index (χ0n) is 15.4. The first kappa shape index (κ1) is 17.7. The van der Waals surface area contributed by atoms with Gasteiger partial charge in [-0.05, 0) is 23.3 Å². The minimum absolute atomic E-state index is 0.00936. The summed E-state index contributed by atoms with van der Waals surface area (Å²) >= 11 is 0. The summed E-state index contributed by atoms with van der Waals surface area (Å²) < 4.78 is 4.79. The first-order chi connectivity index (χ1) is 13.6. The Morgan fingerprint density at radius 2 is 1.75 bits per heavy atom. The van der Waals surface area contributed by atoms with Crippen LogP contribution >= 0.6 is 0 Å². The van der Waals surface area contributed by atoms with E-state index in [1.807, 2.05) is 48.5 Å². The molecule has 28 heavy (non-hydrogen) atoms. The van der Waals surface area contributed by atoms with Gasteiger partial charge >= 0.3 is 5.69 Å². The van der Waals surface area contributed by atoms with Crippen LogP contribution in [0, 0.1) is 0 Å². The number of nitrogens with zero attached hydrogens (tertiary/aromatic N) is 5. The van der Waals surface area contributed by atoms with Crippen LogP contribution in [-0.2, 0) is 31.5 Å². The molecule has 0 radical (unpaired) electrons. The number of para-hydroxylation sites is 2. The maximum atomic E-state index is 12.4. The molecule has 0 atom stereocenters. The average Bonchev–Trinajstić information content (AvgIpc) is 3.31. The molecule has 0 aliphatic heterocycles. The molecule has 0 unspecified atom stereocenters. The minimum Gasteiger partial charge on any atom is -0.350 e. The van der Waals surface area contributed by atoms with Gasteiger partial charge in [-0.15, -0.1) is 0 Å². The van der Waals surface area contributed by atoms with Crippen molar-refractivity contribution in [3.63, 3.8) is 0 Å². The summed E-state index contributed by atoms with van der Waals surface area (Å²) in [4.78, 5) is 28.7. The molecule has 4 rings (SSSR count). The van der Waals surface area contributed by atoms with Crippen LogP contribution in [0.5, 0.6) is 0 Å². The summed E-state index contributed by atoms with van der Waals surface area (Å²) in [5, 5.41) is 6.96. The molecule has 0 aliphatic rings. The SMILES string of the molecule is Cn1c(=O)n(CC(=O)NCc2ccc(Cn3cncn3)cc2)c2ccccc21. The highest BCUT2D eigenvalue weighted by atomic mass is 16.2. The monoisotopic (exact) mass is 376 g/mol. The van der Waals surface area contributed by atoms with E-state index < -0.39 is 0 Å². The van der Waals surface area contributed by atoms with Gasteiger partial charge in [-0.3, -0.25) is 13.9 Å². The maximum Gasteiger partial charge on any atom is 0.329 e. The third-order valence-corrected chi connectivity index (χ3v) is 4.68. The molecule has 1 N–H and O–H groups in total. The van der Waals surface area contributed by atoms with Crippen molar-refractivity contribution in [3.8, 4) is 0 Å². The topological polar surface area (TPSA) is 86.7 Å². The molecule has 0 aliphatic carbocycles. The normalized spacial score (nSPS) is 11.0. The van der Waals surface area contributed by atoms with Gasteiger partial charge in [0.2, 0.25) is 5.91 Å².